The SMILES string of the molecule is COc1ccc(F)c(-c2nc(Nc3ccc(C(=O)NCCN4CCOCC4)cc3)ncc2F)c1. The highest BCUT2D eigenvalue weighted by Crippen LogP contribution is 2.28. The van der Waals surface area contributed by atoms with Crippen LogP contribution in [0.1, 0.15) is 10.4 Å². The van der Waals surface area contributed by atoms with E-state index in [0.717, 1.165) is 39.0 Å². The molecular weight excluding hydrogens is 444 g/mol. The smallest absolute Gasteiger partial charge is 0.251 e. The van der Waals surface area contributed by atoms with E-state index in [2.05, 4.69) is 25.5 Å². The number of amides is 1. The molecule has 0 atom stereocenters. The number of nitrogens with one attached hydrogen (secondary N) is 2. The third kappa shape index (κ3) is 5.83. The largest absolute Gasteiger partial charge is 0.497 e. The minimum absolute atomic E-state index is 0.0357. The molecule has 4 rings (SSSR count). The van der Waals surface area contributed by atoms with E-state index in [0.29, 0.717) is 23.5 Å². The molecule has 34 heavy (non-hydrogen) atoms. The van der Waals surface area contributed by atoms with Gasteiger partial charge in [0.05, 0.1) is 26.5 Å². The molecule has 2 aromatic carbocycles. The van der Waals surface area contributed by atoms with Crippen LogP contribution in [0, 0.1) is 11.6 Å². The lowest BCUT2D eigenvalue weighted by Gasteiger charge is -2.26. The molecule has 2 heterocycles. The van der Waals surface area contributed by atoms with E-state index in [1.54, 1.807) is 24.3 Å². The predicted molar refractivity (Wildman–Crippen MR) is 123 cm³/mol. The lowest BCUT2D eigenvalue weighted by atomic mass is 10.1. The van der Waals surface area contributed by atoms with Gasteiger partial charge in [-0.15, -0.1) is 0 Å². The number of hydrogen-bond donors (Lipinski definition) is 2. The first-order valence-electron chi connectivity index (χ1n) is 10.9. The molecule has 0 radical (unpaired) electrons. The molecule has 3 aromatic rings. The third-order valence-corrected chi connectivity index (χ3v) is 5.39. The number of benzene rings is 2. The summed E-state index contributed by atoms with van der Waals surface area (Å²) in [5, 5.41) is 5.86. The molecule has 8 nitrogen and oxygen atoms in total. The molecule has 1 aromatic heterocycles. The van der Waals surface area contributed by atoms with Gasteiger partial charge in [-0.25, -0.2) is 18.7 Å². The van der Waals surface area contributed by atoms with Crippen molar-refractivity contribution in [2.45, 2.75) is 0 Å². The van der Waals surface area contributed by atoms with Crippen LogP contribution >= 0.6 is 0 Å². The number of carbonyl (C=O) groups excluding carboxylic acids is 1. The molecule has 0 unspecified atom stereocenters. The maximum atomic E-state index is 14.4. The number of nitrogens with zero attached hydrogens (tertiary/aromatic N) is 3. The van der Waals surface area contributed by atoms with Crippen molar-refractivity contribution in [3.8, 4) is 17.0 Å². The number of halogens is 2. The molecule has 1 aliphatic rings. The predicted octanol–water partition coefficient (Wildman–Crippen LogP) is 3.24. The van der Waals surface area contributed by atoms with E-state index >= 15 is 0 Å². The Morgan fingerprint density at radius 3 is 2.62 bits per heavy atom. The van der Waals surface area contributed by atoms with Gasteiger partial charge in [0.25, 0.3) is 5.91 Å². The van der Waals surface area contributed by atoms with Crippen LogP contribution in [-0.4, -0.2) is 67.3 Å². The molecule has 2 N–H and O–H groups in total. The van der Waals surface area contributed by atoms with Crippen molar-refractivity contribution in [1.82, 2.24) is 20.2 Å². The summed E-state index contributed by atoms with van der Waals surface area (Å²) >= 11 is 0. The van der Waals surface area contributed by atoms with Gasteiger partial charge in [0, 0.05) is 43.0 Å². The molecule has 178 valence electrons. The van der Waals surface area contributed by atoms with Gasteiger partial charge in [-0.2, -0.15) is 0 Å². The number of carbonyl (C=O) groups is 1. The van der Waals surface area contributed by atoms with Crippen LogP contribution in [0.25, 0.3) is 11.3 Å². The Morgan fingerprint density at radius 2 is 1.88 bits per heavy atom. The molecule has 0 saturated carbocycles. The van der Waals surface area contributed by atoms with Gasteiger partial charge in [-0.3, -0.25) is 9.69 Å². The third-order valence-electron chi connectivity index (χ3n) is 5.39. The molecule has 0 spiro atoms. The number of morpholine rings is 1. The number of aromatic nitrogens is 2. The van der Waals surface area contributed by atoms with Crippen LogP contribution in [0.3, 0.4) is 0 Å². The molecule has 1 fully saturated rings. The summed E-state index contributed by atoms with van der Waals surface area (Å²) in [6.07, 6.45) is 0.972. The second-order valence-corrected chi connectivity index (χ2v) is 7.65. The van der Waals surface area contributed by atoms with E-state index in [9.17, 15) is 13.6 Å². The molecule has 1 saturated heterocycles. The standard InChI is InChI=1S/C24H25F2N5O3/c1-33-18-6-7-20(25)19(14-18)22-21(26)15-28-24(30-22)29-17-4-2-16(3-5-17)23(32)27-8-9-31-10-12-34-13-11-31/h2-7,14-15H,8-13H2,1H3,(H,27,32)(H,28,29,30). The van der Waals surface area contributed by atoms with Crippen molar-refractivity contribution in [3.05, 3.63) is 65.9 Å². The van der Waals surface area contributed by atoms with Crippen LogP contribution in [-0.2, 0) is 4.74 Å². The highest BCUT2D eigenvalue weighted by Gasteiger charge is 2.16. The summed E-state index contributed by atoms with van der Waals surface area (Å²) in [5.41, 5.74) is 0.872. The van der Waals surface area contributed by atoms with Crippen LogP contribution in [0.15, 0.2) is 48.7 Å². The van der Waals surface area contributed by atoms with E-state index in [1.165, 1.54) is 25.3 Å². The Kier molecular flexibility index (Phi) is 7.61. The number of hydrogen-bond acceptors (Lipinski definition) is 7. The lowest BCUT2D eigenvalue weighted by molar-refractivity contribution is 0.0383. The van der Waals surface area contributed by atoms with Gasteiger partial charge in [-0.1, -0.05) is 0 Å². The Labute approximate surface area is 195 Å². The van der Waals surface area contributed by atoms with E-state index in [-0.39, 0.29) is 23.1 Å². The van der Waals surface area contributed by atoms with Crippen molar-refractivity contribution in [2.75, 3.05) is 51.8 Å². The van der Waals surface area contributed by atoms with Crippen molar-refractivity contribution in [2.24, 2.45) is 0 Å². The zero-order chi connectivity index (χ0) is 23.9. The zero-order valence-electron chi connectivity index (χ0n) is 18.7. The Balaban J connectivity index is 1.39. The summed E-state index contributed by atoms with van der Waals surface area (Å²) < 4.78 is 39.1. The first-order valence-corrected chi connectivity index (χ1v) is 10.9. The Morgan fingerprint density at radius 1 is 1.12 bits per heavy atom. The van der Waals surface area contributed by atoms with Crippen molar-refractivity contribution < 1.29 is 23.0 Å². The van der Waals surface area contributed by atoms with E-state index in [4.69, 9.17) is 9.47 Å². The fraction of sp³-hybridized carbons (Fsp3) is 0.292. The van der Waals surface area contributed by atoms with Crippen LogP contribution in [0.5, 0.6) is 5.75 Å². The highest BCUT2D eigenvalue weighted by atomic mass is 19.1. The molecule has 1 aliphatic heterocycles. The van der Waals surface area contributed by atoms with E-state index in [1.807, 2.05) is 0 Å². The normalized spacial score (nSPS) is 14.0. The summed E-state index contributed by atoms with van der Waals surface area (Å²) in [4.78, 5) is 22.7. The summed E-state index contributed by atoms with van der Waals surface area (Å²) in [5.74, 6) is -1.10. The molecular formula is C24H25F2N5O3. The summed E-state index contributed by atoms with van der Waals surface area (Å²) in [6.45, 7) is 4.49. The zero-order valence-corrected chi connectivity index (χ0v) is 18.7. The second kappa shape index (κ2) is 11.0. The van der Waals surface area contributed by atoms with E-state index < -0.39 is 11.6 Å². The minimum atomic E-state index is -0.762. The van der Waals surface area contributed by atoms with Gasteiger partial charge in [0.15, 0.2) is 5.82 Å². The summed E-state index contributed by atoms with van der Waals surface area (Å²) in [6, 6.07) is 10.7. The maximum absolute atomic E-state index is 14.4. The monoisotopic (exact) mass is 469 g/mol. The quantitative estimate of drug-likeness (QED) is 0.524. The van der Waals surface area contributed by atoms with Crippen LogP contribution < -0.4 is 15.4 Å². The minimum Gasteiger partial charge on any atom is -0.497 e. The van der Waals surface area contributed by atoms with Crippen LogP contribution in [0.2, 0.25) is 0 Å². The number of ether oxygens (including phenoxy) is 2. The summed E-state index contributed by atoms with van der Waals surface area (Å²) in [7, 11) is 1.44. The molecule has 10 heteroatoms. The molecule has 1 amide bonds. The van der Waals surface area contributed by atoms with Crippen molar-refractivity contribution in [1.29, 1.82) is 0 Å². The number of anilines is 2. The highest BCUT2D eigenvalue weighted by molar-refractivity contribution is 5.94. The first-order chi connectivity index (χ1) is 16.5. The maximum Gasteiger partial charge on any atom is 0.251 e. The fourth-order valence-corrected chi connectivity index (χ4v) is 3.52. The van der Waals surface area contributed by atoms with Gasteiger partial charge < -0.3 is 20.1 Å². The Bertz CT molecular complexity index is 1140. The van der Waals surface area contributed by atoms with Gasteiger partial charge >= 0.3 is 0 Å². The van der Waals surface area contributed by atoms with Crippen molar-refractivity contribution >= 4 is 17.5 Å². The topological polar surface area (TPSA) is 88.6 Å². The average Bonchev–Trinajstić information content (AvgIpc) is 2.87. The van der Waals surface area contributed by atoms with Gasteiger partial charge in [-0.05, 0) is 42.5 Å². The Hall–Kier alpha value is -3.63. The first kappa shape index (κ1) is 23.5. The average molecular weight is 469 g/mol. The second-order valence-electron chi connectivity index (χ2n) is 7.65. The van der Waals surface area contributed by atoms with Crippen LogP contribution in [0.4, 0.5) is 20.4 Å². The fourth-order valence-electron chi connectivity index (χ4n) is 3.52. The van der Waals surface area contributed by atoms with Crippen molar-refractivity contribution in [3.63, 3.8) is 0 Å². The number of rotatable bonds is 8. The van der Waals surface area contributed by atoms with Gasteiger partial charge in [0.1, 0.15) is 17.3 Å². The molecule has 0 aliphatic carbocycles. The molecule has 0 bridgehead atoms. The van der Waals surface area contributed by atoms with Gasteiger partial charge in [0.2, 0.25) is 5.95 Å². The lowest BCUT2D eigenvalue weighted by Crippen LogP contribution is -2.41. The number of methoxy groups -OCH3 is 1.